The van der Waals surface area contributed by atoms with Crippen LogP contribution in [0.4, 0.5) is 0 Å². The molecule has 0 unspecified atom stereocenters. The molecule has 2 aromatic carbocycles. The Kier molecular flexibility index (Phi) is 6.41. The molecule has 170 valence electrons. The van der Waals surface area contributed by atoms with E-state index in [1.165, 1.54) is 25.1 Å². The maximum Gasteiger partial charge on any atom is 0.275 e. The Bertz CT molecular complexity index is 1180. The number of nitrogens with zero attached hydrogens (tertiary/aromatic N) is 2. The molecule has 0 N–H and O–H groups in total. The highest BCUT2D eigenvalue weighted by molar-refractivity contribution is 6.36. The van der Waals surface area contributed by atoms with Crippen LogP contribution in [0.5, 0.6) is 0 Å². The third-order valence-corrected chi connectivity index (χ3v) is 6.74. The molecule has 1 fully saturated rings. The fourth-order valence-corrected chi connectivity index (χ4v) is 4.90. The first kappa shape index (κ1) is 23.2. The molecule has 6 nitrogen and oxygen atoms in total. The number of carbonyl (C=O) groups excluding carboxylic acids is 4. The minimum absolute atomic E-state index is 0.0403. The number of rotatable bonds is 5. The molecule has 0 saturated carbocycles. The van der Waals surface area contributed by atoms with Crippen molar-refractivity contribution in [2.45, 2.75) is 32.7 Å². The number of amides is 3. The van der Waals surface area contributed by atoms with E-state index in [2.05, 4.69) is 0 Å². The van der Waals surface area contributed by atoms with Gasteiger partial charge in [0, 0.05) is 10.6 Å². The lowest BCUT2D eigenvalue weighted by Gasteiger charge is -2.35. The minimum atomic E-state index is -1.13. The van der Waals surface area contributed by atoms with Crippen molar-refractivity contribution in [2.75, 3.05) is 0 Å². The molecule has 4 rings (SSSR count). The maximum absolute atomic E-state index is 13.7. The number of hydrazine groups is 1. The Morgan fingerprint density at radius 1 is 1.03 bits per heavy atom. The Balaban J connectivity index is 1.78. The molecule has 0 radical (unpaired) electrons. The second-order valence-corrected chi connectivity index (χ2v) is 9.22. The van der Waals surface area contributed by atoms with Gasteiger partial charge in [-0.2, -0.15) is 5.01 Å². The number of Topliss-reactive ketones (excluding diaryl/α,β-unsaturated/α-hetero) is 1. The van der Waals surface area contributed by atoms with Gasteiger partial charge in [0.15, 0.2) is 5.78 Å². The third kappa shape index (κ3) is 4.21. The number of ketones is 1. The number of halogens is 2. The number of imide groups is 1. The molecule has 0 aromatic heterocycles. The molecule has 0 bridgehead atoms. The van der Waals surface area contributed by atoms with Crippen LogP contribution in [0.2, 0.25) is 10.0 Å². The number of benzene rings is 2. The lowest BCUT2D eigenvalue weighted by atomic mass is 9.82. The van der Waals surface area contributed by atoms with Gasteiger partial charge in [0.1, 0.15) is 6.04 Å². The van der Waals surface area contributed by atoms with Crippen molar-refractivity contribution >= 4 is 46.7 Å². The van der Waals surface area contributed by atoms with Crippen LogP contribution < -0.4 is 0 Å². The average Bonchev–Trinajstić information content (AvgIpc) is 3.03. The molecule has 1 saturated heterocycles. The van der Waals surface area contributed by atoms with Crippen molar-refractivity contribution in [1.29, 1.82) is 0 Å². The maximum atomic E-state index is 13.7. The molecule has 2 aliphatic rings. The van der Waals surface area contributed by atoms with E-state index in [4.69, 9.17) is 23.2 Å². The van der Waals surface area contributed by atoms with Gasteiger partial charge in [-0.1, -0.05) is 65.2 Å². The van der Waals surface area contributed by atoms with Gasteiger partial charge in [0.25, 0.3) is 17.7 Å². The lowest BCUT2D eigenvalue weighted by Crippen LogP contribution is -2.56. The van der Waals surface area contributed by atoms with Gasteiger partial charge in [-0.05, 0) is 44.9 Å². The zero-order chi connectivity index (χ0) is 23.9. The van der Waals surface area contributed by atoms with Gasteiger partial charge in [-0.25, -0.2) is 5.01 Å². The summed E-state index contributed by atoms with van der Waals surface area (Å²) >= 11 is 12.3. The van der Waals surface area contributed by atoms with Gasteiger partial charge in [0.05, 0.1) is 22.4 Å². The zero-order valence-corrected chi connectivity index (χ0v) is 19.6. The second kappa shape index (κ2) is 9.12. The van der Waals surface area contributed by atoms with Crippen molar-refractivity contribution in [1.82, 2.24) is 10.0 Å². The summed E-state index contributed by atoms with van der Waals surface area (Å²) in [4.78, 5) is 53.7. The summed E-state index contributed by atoms with van der Waals surface area (Å²) in [5, 5.41) is 2.21. The van der Waals surface area contributed by atoms with Crippen molar-refractivity contribution in [3.8, 4) is 0 Å². The summed E-state index contributed by atoms with van der Waals surface area (Å²) in [5.74, 6) is -3.21. The number of hydrogen-bond donors (Lipinski definition) is 0. The summed E-state index contributed by atoms with van der Waals surface area (Å²) in [5.41, 5.74) is 1.42. The van der Waals surface area contributed by atoms with E-state index >= 15 is 0 Å². The van der Waals surface area contributed by atoms with E-state index < -0.39 is 41.4 Å². The summed E-state index contributed by atoms with van der Waals surface area (Å²) in [6, 6.07) is 11.6. The summed E-state index contributed by atoms with van der Waals surface area (Å²) in [6.07, 6.45) is 2.80. The van der Waals surface area contributed by atoms with Crippen LogP contribution in [-0.4, -0.2) is 39.6 Å². The summed E-state index contributed by atoms with van der Waals surface area (Å²) in [6.45, 7) is 3.41. The third-order valence-electron chi connectivity index (χ3n) is 6.19. The molecular formula is C25H22Cl2N2O4. The van der Waals surface area contributed by atoms with E-state index in [1.807, 2.05) is 13.0 Å². The number of fused-ring (bicyclic) bond motifs is 1. The molecular weight excluding hydrogens is 463 g/mol. The summed E-state index contributed by atoms with van der Waals surface area (Å²) in [7, 11) is 0. The van der Waals surface area contributed by atoms with Crippen molar-refractivity contribution in [2.24, 2.45) is 11.8 Å². The molecule has 1 heterocycles. The van der Waals surface area contributed by atoms with E-state index in [0.717, 1.165) is 15.6 Å². The minimum Gasteiger partial charge on any atom is -0.292 e. The van der Waals surface area contributed by atoms with Crippen LogP contribution in [-0.2, 0) is 9.59 Å². The van der Waals surface area contributed by atoms with Crippen LogP contribution in [0.25, 0.3) is 0 Å². The molecule has 1 aliphatic heterocycles. The fourth-order valence-electron chi connectivity index (χ4n) is 4.41. The Labute approximate surface area is 201 Å². The van der Waals surface area contributed by atoms with Gasteiger partial charge >= 0.3 is 0 Å². The smallest absolute Gasteiger partial charge is 0.275 e. The van der Waals surface area contributed by atoms with Crippen molar-refractivity contribution in [3.05, 3.63) is 81.4 Å². The van der Waals surface area contributed by atoms with E-state index in [1.54, 1.807) is 30.3 Å². The quantitative estimate of drug-likeness (QED) is 0.341. The first-order valence-corrected chi connectivity index (χ1v) is 11.4. The zero-order valence-electron chi connectivity index (χ0n) is 18.1. The molecule has 8 heteroatoms. The second-order valence-electron chi connectivity index (χ2n) is 8.37. The number of hydrogen-bond acceptors (Lipinski definition) is 4. The molecule has 3 atom stereocenters. The molecule has 1 aliphatic carbocycles. The van der Waals surface area contributed by atoms with Gasteiger partial charge in [-0.3, -0.25) is 19.2 Å². The Hall–Kier alpha value is -2.96. The topological polar surface area (TPSA) is 74.8 Å². The van der Waals surface area contributed by atoms with E-state index in [0.29, 0.717) is 23.4 Å². The van der Waals surface area contributed by atoms with E-state index in [9.17, 15) is 19.2 Å². The first-order valence-electron chi connectivity index (χ1n) is 10.6. The van der Waals surface area contributed by atoms with Gasteiger partial charge in [0.2, 0.25) is 0 Å². The highest BCUT2D eigenvalue weighted by Crippen LogP contribution is 2.39. The molecule has 0 spiro atoms. The van der Waals surface area contributed by atoms with Crippen LogP contribution in [0.1, 0.15) is 47.4 Å². The molecule has 3 amide bonds. The number of allylic oxidation sites excluding steroid dienone is 2. The highest BCUT2D eigenvalue weighted by Gasteiger charge is 2.53. The largest absolute Gasteiger partial charge is 0.292 e. The van der Waals surface area contributed by atoms with Crippen LogP contribution in [0, 0.1) is 11.8 Å². The predicted octanol–water partition coefficient (Wildman–Crippen LogP) is 4.96. The van der Waals surface area contributed by atoms with Gasteiger partial charge in [-0.15, -0.1) is 0 Å². The predicted molar refractivity (Wildman–Crippen MR) is 125 cm³/mol. The number of carbonyl (C=O) groups is 4. The fraction of sp³-hybridized carbons (Fsp3) is 0.280. The SMILES string of the molecule is CC1=CC[C@@H]2C(=O)N(N(C(=O)c3ccc(Cl)cc3Cl)[C@@H](C)C(=O)c3ccccc3)C(=O)[C@@H]2C1. The van der Waals surface area contributed by atoms with Gasteiger partial charge < -0.3 is 0 Å². The Morgan fingerprint density at radius 2 is 1.70 bits per heavy atom. The molecule has 33 heavy (non-hydrogen) atoms. The first-order chi connectivity index (χ1) is 15.7. The lowest BCUT2D eigenvalue weighted by molar-refractivity contribution is -0.156. The standard InChI is InChI=1S/C25H22Cl2N2O4/c1-14-8-10-18-20(12-14)25(33)29(23(18)31)28(15(2)22(30)16-6-4-3-5-7-16)24(32)19-11-9-17(26)13-21(19)27/h3-9,11,13,15,18,20H,10,12H2,1-2H3/t15-,18-,20+/m0/s1. The van der Waals surface area contributed by atoms with E-state index in [-0.39, 0.29) is 10.6 Å². The van der Waals surface area contributed by atoms with Crippen LogP contribution in [0.15, 0.2) is 60.2 Å². The average molecular weight is 485 g/mol. The normalized spacial score (nSPS) is 20.8. The molecule has 2 aromatic rings. The van der Waals surface area contributed by atoms with Crippen molar-refractivity contribution in [3.63, 3.8) is 0 Å². The monoisotopic (exact) mass is 484 g/mol. The summed E-state index contributed by atoms with van der Waals surface area (Å²) < 4.78 is 0. The highest BCUT2D eigenvalue weighted by atomic mass is 35.5. The van der Waals surface area contributed by atoms with Crippen LogP contribution in [0.3, 0.4) is 0 Å². The Morgan fingerprint density at radius 3 is 2.36 bits per heavy atom. The van der Waals surface area contributed by atoms with Crippen LogP contribution >= 0.6 is 23.2 Å². The van der Waals surface area contributed by atoms with Crippen molar-refractivity contribution < 1.29 is 19.2 Å².